The van der Waals surface area contributed by atoms with E-state index in [2.05, 4.69) is 10.2 Å². The lowest BCUT2D eigenvalue weighted by Gasteiger charge is -2.31. The highest BCUT2D eigenvalue weighted by molar-refractivity contribution is 6.04. The third kappa shape index (κ3) is 3.74. The minimum Gasteiger partial charge on any atom is -0.393 e. The summed E-state index contributed by atoms with van der Waals surface area (Å²) in [5.41, 5.74) is 2.90. The maximum absolute atomic E-state index is 13.1. The van der Waals surface area contributed by atoms with E-state index in [1.54, 1.807) is 25.1 Å². The largest absolute Gasteiger partial charge is 0.393 e. The number of amides is 1. The Labute approximate surface area is 140 Å². The molecule has 2 aromatic rings. The Morgan fingerprint density at radius 2 is 1.83 bits per heavy atom. The number of hydrogen-bond acceptors (Lipinski definition) is 3. The molecule has 0 spiro atoms. The normalized spacial score (nSPS) is 15.4. The van der Waals surface area contributed by atoms with Crippen molar-refractivity contribution >= 4 is 17.3 Å². The number of aryl methyl sites for hydroxylation is 1. The summed E-state index contributed by atoms with van der Waals surface area (Å²) in [6.07, 6.45) is 1.34. The van der Waals surface area contributed by atoms with Crippen LogP contribution < -0.4 is 10.2 Å². The van der Waals surface area contributed by atoms with Gasteiger partial charge in [0.25, 0.3) is 5.91 Å². The molecule has 126 valence electrons. The van der Waals surface area contributed by atoms with Crippen LogP contribution in [-0.2, 0) is 0 Å². The molecule has 1 aliphatic heterocycles. The zero-order chi connectivity index (χ0) is 17.1. The molecule has 0 unspecified atom stereocenters. The Bertz CT molecular complexity index is 723. The number of aliphatic hydroxyl groups excluding tert-OH is 1. The van der Waals surface area contributed by atoms with Gasteiger partial charge in [0.15, 0.2) is 0 Å². The summed E-state index contributed by atoms with van der Waals surface area (Å²) < 4.78 is 13.1. The standard InChI is InChI=1S/C19H21FN2O2/c1-13-12-15(20)4-7-18(13)21-19(24)14-2-5-16(6-3-14)22-10-8-17(23)9-11-22/h2-7,12,17,23H,8-11H2,1H3,(H,21,24). The molecule has 1 saturated heterocycles. The first-order valence-corrected chi connectivity index (χ1v) is 8.13. The van der Waals surface area contributed by atoms with Crippen molar-refractivity contribution in [2.24, 2.45) is 0 Å². The molecule has 1 fully saturated rings. The second-order valence-electron chi connectivity index (χ2n) is 6.18. The third-order valence-corrected chi connectivity index (χ3v) is 4.40. The van der Waals surface area contributed by atoms with Crippen LogP contribution in [0.4, 0.5) is 15.8 Å². The molecule has 0 radical (unpaired) electrons. The number of anilines is 2. The lowest BCUT2D eigenvalue weighted by molar-refractivity contribution is 0.102. The molecule has 0 bridgehead atoms. The van der Waals surface area contributed by atoms with Crippen LogP contribution in [0.25, 0.3) is 0 Å². The van der Waals surface area contributed by atoms with Crippen LogP contribution >= 0.6 is 0 Å². The van der Waals surface area contributed by atoms with E-state index in [-0.39, 0.29) is 17.8 Å². The Morgan fingerprint density at radius 3 is 2.46 bits per heavy atom. The molecule has 5 heteroatoms. The van der Waals surface area contributed by atoms with Gasteiger partial charge in [0.1, 0.15) is 5.82 Å². The highest BCUT2D eigenvalue weighted by atomic mass is 19.1. The predicted molar refractivity (Wildman–Crippen MR) is 93.0 cm³/mol. The van der Waals surface area contributed by atoms with Gasteiger partial charge in [0.05, 0.1) is 6.10 Å². The molecule has 24 heavy (non-hydrogen) atoms. The molecule has 1 heterocycles. The van der Waals surface area contributed by atoms with Crippen LogP contribution in [0.2, 0.25) is 0 Å². The lowest BCUT2D eigenvalue weighted by Crippen LogP contribution is -2.35. The number of hydrogen-bond donors (Lipinski definition) is 2. The number of carbonyl (C=O) groups is 1. The first kappa shape index (κ1) is 16.5. The van der Waals surface area contributed by atoms with E-state index in [9.17, 15) is 14.3 Å². The highest BCUT2D eigenvalue weighted by Crippen LogP contribution is 2.21. The Hall–Kier alpha value is -2.40. The minimum atomic E-state index is -0.318. The van der Waals surface area contributed by atoms with Gasteiger partial charge in [-0.3, -0.25) is 4.79 Å². The van der Waals surface area contributed by atoms with Crippen molar-refractivity contribution in [3.63, 3.8) is 0 Å². The van der Waals surface area contributed by atoms with Crippen LogP contribution in [0, 0.1) is 12.7 Å². The fourth-order valence-corrected chi connectivity index (χ4v) is 2.91. The van der Waals surface area contributed by atoms with Crippen LogP contribution in [-0.4, -0.2) is 30.2 Å². The molecule has 0 aliphatic carbocycles. The third-order valence-electron chi connectivity index (χ3n) is 4.40. The van der Waals surface area contributed by atoms with E-state index in [0.717, 1.165) is 31.6 Å². The van der Waals surface area contributed by atoms with Crippen molar-refractivity contribution in [1.82, 2.24) is 0 Å². The minimum absolute atomic E-state index is 0.203. The summed E-state index contributed by atoms with van der Waals surface area (Å²) in [6, 6.07) is 11.7. The zero-order valence-corrected chi connectivity index (χ0v) is 13.6. The molecule has 2 aromatic carbocycles. The maximum Gasteiger partial charge on any atom is 0.255 e. The van der Waals surface area contributed by atoms with Crippen LogP contribution in [0.5, 0.6) is 0 Å². The average Bonchev–Trinajstić information content (AvgIpc) is 2.58. The number of carbonyl (C=O) groups excluding carboxylic acids is 1. The number of rotatable bonds is 3. The molecule has 1 aliphatic rings. The maximum atomic E-state index is 13.1. The Kier molecular flexibility index (Phi) is 4.81. The fraction of sp³-hybridized carbons (Fsp3) is 0.316. The van der Waals surface area contributed by atoms with Gasteiger partial charge in [-0.25, -0.2) is 4.39 Å². The summed E-state index contributed by atoms with van der Waals surface area (Å²) in [4.78, 5) is 14.5. The van der Waals surface area contributed by atoms with Crippen molar-refractivity contribution in [2.75, 3.05) is 23.3 Å². The van der Waals surface area contributed by atoms with Crippen LogP contribution in [0.3, 0.4) is 0 Å². The summed E-state index contributed by atoms with van der Waals surface area (Å²) in [7, 11) is 0. The number of halogens is 1. The monoisotopic (exact) mass is 328 g/mol. The van der Waals surface area contributed by atoms with Crippen LogP contribution in [0.15, 0.2) is 42.5 Å². The number of aliphatic hydroxyl groups is 1. The van der Waals surface area contributed by atoms with Crippen molar-refractivity contribution < 1.29 is 14.3 Å². The van der Waals surface area contributed by atoms with E-state index >= 15 is 0 Å². The smallest absolute Gasteiger partial charge is 0.255 e. The summed E-state index contributed by atoms with van der Waals surface area (Å²) >= 11 is 0. The van der Waals surface area contributed by atoms with Gasteiger partial charge in [-0.1, -0.05) is 0 Å². The lowest BCUT2D eigenvalue weighted by atomic mass is 10.1. The fourth-order valence-electron chi connectivity index (χ4n) is 2.91. The van der Waals surface area contributed by atoms with E-state index < -0.39 is 0 Å². The van der Waals surface area contributed by atoms with Gasteiger partial charge >= 0.3 is 0 Å². The van der Waals surface area contributed by atoms with E-state index in [4.69, 9.17) is 0 Å². The first-order valence-electron chi connectivity index (χ1n) is 8.13. The second kappa shape index (κ2) is 7.01. The quantitative estimate of drug-likeness (QED) is 0.908. The van der Waals surface area contributed by atoms with Crippen molar-refractivity contribution in [3.8, 4) is 0 Å². The Morgan fingerprint density at radius 1 is 1.17 bits per heavy atom. The molecular weight excluding hydrogens is 307 g/mol. The first-order chi connectivity index (χ1) is 11.5. The van der Waals surface area contributed by atoms with E-state index in [0.29, 0.717) is 16.8 Å². The highest BCUT2D eigenvalue weighted by Gasteiger charge is 2.17. The zero-order valence-electron chi connectivity index (χ0n) is 13.6. The van der Waals surface area contributed by atoms with Crippen molar-refractivity contribution in [1.29, 1.82) is 0 Å². The van der Waals surface area contributed by atoms with Gasteiger partial charge in [-0.05, 0) is 67.8 Å². The number of piperidine rings is 1. The van der Waals surface area contributed by atoms with Crippen molar-refractivity contribution in [2.45, 2.75) is 25.9 Å². The second-order valence-corrected chi connectivity index (χ2v) is 6.18. The average molecular weight is 328 g/mol. The molecule has 0 atom stereocenters. The van der Waals surface area contributed by atoms with Gasteiger partial charge in [0, 0.05) is 30.0 Å². The van der Waals surface area contributed by atoms with Crippen molar-refractivity contribution in [3.05, 3.63) is 59.4 Å². The summed E-state index contributed by atoms with van der Waals surface area (Å²) in [5.74, 6) is -0.535. The van der Waals surface area contributed by atoms with Gasteiger partial charge in [-0.2, -0.15) is 0 Å². The molecule has 4 nitrogen and oxygen atoms in total. The number of nitrogens with one attached hydrogen (secondary N) is 1. The predicted octanol–water partition coefficient (Wildman–Crippen LogP) is 3.35. The van der Waals surface area contributed by atoms with E-state index in [1.807, 2.05) is 12.1 Å². The molecule has 0 aromatic heterocycles. The summed E-state index contributed by atoms with van der Waals surface area (Å²) in [5, 5.41) is 12.4. The SMILES string of the molecule is Cc1cc(F)ccc1NC(=O)c1ccc(N2CCC(O)CC2)cc1. The number of nitrogens with zero attached hydrogens (tertiary/aromatic N) is 1. The molecule has 2 N–H and O–H groups in total. The van der Waals surface area contributed by atoms with Crippen LogP contribution in [0.1, 0.15) is 28.8 Å². The van der Waals surface area contributed by atoms with Gasteiger partial charge in [-0.15, -0.1) is 0 Å². The topological polar surface area (TPSA) is 52.6 Å². The molecular formula is C19H21FN2O2. The number of benzene rings is 2. The molecule has 0 saturated carbocycles. The Balaban J connectivity index is 1.67. The molecule has 3 rings (SSSR count). The summed E-state index contributed by atoms with van der Waals surface area (Å²) in [6.45, 7) is 3.40. The van der Waals surface area contributed by atoms with Gasteiger partial charge in [0.2, 0.25) is 0 Å². The molecule has 1 amide bonds. The van der Waals surface area contributed by atoms with Gasteiger partial charge < -0.3 is 15.3 Å². The van der Waals surface area contributed by atoms with E-state index in [1.165, 1.54) is 12.1 Å².